The Labute approximate surface area is 374 Å². The van der Waals surface area contributed by atoms with Crippen molar-refractivity contribution >= 4 is 40.4 Å². The summed E-state index contributed by atoms with van der Waals surface area (Å²) < 4.78 is 20.4. The van der Waals surface area contributed by atoms with Crippen LogP contribution in [0.25, 0.3) is 5.00 Å². The van der Waals surface area contributed by atoms with Crippen LogP contribution in [0.2, 0.25) is 5.02 Å². The van der Waals surface area contributed by atoms with E-state index in [1.54, 1.807) is 48.1 Å². The molecule has 3 fully saturated rings. The van der Waals surface area contributed by atoms with E-state index in [2.05, 4.69) is 84.3 Å². The highest BCUT2D eigenvalue weighted by Gasteiger charge is 2.48. The molecule has 1 atom stereocenters. The molecule has 14 nitrogen and oxygen atoms in total. The summed E-state index contributed by atoms with van der Waals surface area (Å²) in [6, 6.07) is 19.5. The molecule has 1 amide bonds. The summed E-state index contributed by atoms with van der Waals surface area (Å²) >= 11 is 7.93. The molecule has 6 aromatic rings. The maximum atomic E-state index is 13.2. The van der Waals surface area contributed by atoms with Crippen LogP contribution in [0.15, 0.2) is 76.5 Å². The van der Waals surface area contributed by atoms with Crippen molar-refractivity contribution in [2.75, 3.05) is 24.6 Å². The van der Waals surface area contributed by atoms with Gasteiger partial charge in [-0.25, -0.2) is 4.98 Å². The first-order chi connectivity index (χ1) is 30.6. The lowest BCUT2D eigenvalue weighted by molar-refractivity contribution is -0.134. The average Bonchev–Trinajstić information content (AvgIpc) is 3.99. The highest BCUT2D eigenvalue weighted by atomic mass is 35.5. The molecule has 1 saturated heterocycles. The number of hydrogen-bond donors (Lipinski definition) is 1. The number of oxazole rings is 1. The van der Waals surface area contributed by atoms with Gasteiger partial charge in [-0.05, 0) is 107 Å². The molecule has 2 aromatic carbocycles. The van der Waals surface area contributed by atoms with E-state index >= 15 is 0 Å². The molecular formula is C47H47ClN10O4S. The van der Waals surface area contributed by atoms with Gasteiger partial charge < -0.3 is 24.1 Å². The van der Waals surface area contributed by atoms with Gasteiger partial charge >= 0.3 is 0 Å². The summed E-state index contributed by atoms with van der Waals surface area (Å²) in [5, 5.41) is 31.7. The molecule has 16 heteroatoms. The van der Waals surface area contributed by atoms with Crippen molar-refractivity contribution in [2.45, 2.75) is 95.9 Å². The van der Waals surface area contributed by atoms with Crippen molar-refractivity contribution in [3.63, 3.8) is 0 Å². The van der Waals surface area contributed by atoms with E-state index in [0.717, 1.165) is 97.3 Å². The van der Waals surface area contributed by atoms with Gasteiger partial charge in [0.2, 0.25) is 0 Å². The number of nitrogens with zero attached hydrogens (tertiary/aromatic N) is 9. The number of fused-ring (bicyclic) bond motifs is 3. The number of nitrogens with one attached hydrogen (secondary N) is 1. The molecular weight excluding hydrogens is 836 g/mol. The summed E-state index contributed by atoms with van der Waals surface area (Å²) in [7, 11) is 0. The number of amides is 1. The highest BCUT2D eigenvalue weighted by Crippen LogP contribution is 2.45. The third-order valence-corrected chi connectivity index (χ3v) is 14.5. The number of aliphatic imine (C=N–C) groups is 1. The first-order valence-corrected chi connectivity index (χ1v) is 22.8. The molecule has 1 spiro atoms. The lowest BCUT2D eigenvalue weighted by Crippen LogP contribution is -2.59. The molecule has 10 rings (SSSR count). The van der Waals surface area contributed by atoms with Crippen molar-refractivity contribution in [2.24, 2.45) is 10.9 Å². The fraction of sp³-hybridized carbons (Fsp3) is 0.404. The van der Waals surface area contributed by atoms with Crippen LogP contribution in [0.1, 0.15) is 105 Å². The van der Waals surface area contributed by atoms with Crippen LogP contribution in [0.5, 0.6) is 5.75 Å². The van der Waals surface area contributed by atoms with Gasteiger partial charge in [-0.3, -0.25) is 14.4 Å². The minimum Gasteiger partial charge on any atom is -0.490 e. The first kappa shape index (κ1) is 41.1. The maximum Gasteiger partial charge on any atom is 0.272 e. The van der Waals surface area contributed by atoms with Crippen LogP contribution >= 0.6 is 22.9 Å². The minimum absolute atomic E-state index is 0.0228. The number of anilines is 1. The third kappa shape index (κ3) is 8.23. The second-order valence-electron chi connectivity index (χ2n) is 17.3. The van der Waals surface area contributed by atoms with Crippen molar-refractivity contribution < 1.29 is 18.7 Å². The van der Waals surface area contributed by atoms with Gasteiger partial charge in [-0.1, -0.05) is 35.9 Å². The number of aryl methyl sites for hydroxylation is 2. The van der Waals surface area contributed by atoms with Crippen LogP contribution in [0.3, 0.4) is 0 Å². The van der Waals surface area contributed by atoms with E-state index < -0.39 is 0 Å². The van der Waals surface area contributed by atoms with Gasteiger partial charge in [-0.15, -0.1) is 31.7 Å². The lowest BCUT2D eigenvalue weighted by Gasteiger charge is -2.52. The highest BCUT2D eigenvalue weighted by molar-refractivity contribution is 7.15. The number of carbonyl (C=O) groups excluding carboxylic acids is 1. The van der Waals surface area contributed by atoms with E-state index in [-0.39, 0.29) is 29.7 Å². The molecule has 4 aliphatic rings. The molecule has 63 heavy (non-hydrogen) atoms. The zero-order valence-corrected chi connectivity index (χ0v) is 37.0. The number of thiophene rings is 1. The molecule has 2 aliphatic carbocycles. The smallest absolute Gasteiger partial charge is 0.272 e. The summed E-state index contributed by atoms with van der Waals surface area (Å²) in [5.74, 6) is 3.93. The quantitative estimate of drug-likeness (QED) is 0.141. The van der Waals surface area contributed by atoms with Crippen molar-refractivity contribution in [1.82, 2.24) is 35.3 Å². The zero-order valence-electron chi connectivity index (χ0n) is 35.4. The van der Waals surface area contributed by atoms with Gasteiger partial charge in [0.15, 0.2) is 23.2 Å². The van der Waals surface area contributed by atoms with Gasteiger partial charge in [0.1, 0.15) is 34.9 Å². The molecule has 6 heterocycles. The zero-order chi connectivity index (χ0) is 43.2. The summed E-state index contributed by atoms with van der Waals surface area (Å²) in [6.07, 6.45) is 9.85. The summed E-state index contributed by atoms with van der Waals surface area (Å²) in [6.45, 7) is 8.41. The standard InChI is InChI=1S/C47H47ClN10O4S/c1-27-28(2)63-46-42(27)43(52-39(22-41-50-16-18-60-41)44-56-53-29(3)58(44)46)32-6-4-30(5-7-32)20-31-23-47(24-31)26-57(17-19-61-47)40-15-14-38(54-55-40)45(59)51-34-9-12-35(13-10-34)62-36-11-8-33(25-49)37(48)21-36/h4-8,11,14-16,18,21,31,34-35,39H,9-10,12-13,17,19-20,22-24,26H2,1-3H3,(H,51,59)/t31?,34?,35?,39-,47?/m0/s1. The molecule has 0 bridgehead atoms. The van der Waals surface area contributed by atoms with Crippen LogP contribution in [0.4, 0.5) is 5.82 Å². The molecule has 4 aromatic heterocycles. The Morgan fingerprint density at radius 1 is 1.02 bits per heavy atom. The maximum absolute atomic E-state index is 13.2. The third-order valence-electron chi connectivity index (χ3n) is 13.0. The SMILES string of the molecule is Cc1sc2c(c1C)C(c1ccc(CC3CC4(C3)CN(c3ccc(C(=O)NC5CCC(Oc6ccc(C#N)c(Cl)c6)CC5)nn3)CCO4)cc1)=N[C@@H](Cc1ncco1)c1nnc(C)n1-2. The summed E-state index contributed by atoms with van der Waals surface area (Å²) in [4.78, 5) is 26.4. The van der Waals surface area contributed by atoms with E-state index in [1.807, 2.05) is 13.0 Å². The Balaban J connectivity index is 0.740. The van der Waals surface area contributed by atoms with Crippen molar-refractivity contribution in [3.8, 4) is 16.8 Å². The number of aromatic nitrogens is 6. The number of morpholine rings is 1. The monoisotopic (exact) mass is 882 g/mol. The number of hydrogen-bond acceptors (Lipinski definition) is 13. The minimum atomic E-state index is -0.310. The van der Waals surface area contributed by atoms with Crippen molar-refractivity contribution in [3.05, 3.63) is 128 Å². The molecule has 2 saturated carbocycles. The van der Waals surface area contributed by atoms with Crippen LogP contribution in [-0.2, 0) is 17.6 Å². The number of carbonyl (C=O) groups is 1. The van der Waals surface area contributed by atoms with Gasteiger partial charge in [-0.2, -0.15) is 5.26 Å². The number of ether oxygens (including phenoxy) is 2. The van der Waals surface area contributed by atoms with Gasteiger partial charge in [0.05, 0.1) is 47.2 Å². The molecule has 0 unspecified atom stereocenters. The Morgan fingerprint density at radius 2 is 1.84 bits per heavy atom. The van der Waals surface area contributed by atoms with Crippen LogP contribution in [0, 0.1) is 38.0 Å². The number of rotatable bonds is 10. The Kier molecular flexibility index (Phi) is 11.1. The average molecular weight is 883 g/mol. The predicted molar refractivity (Wildman–Crippen MR) is 238 cm³/mol. The van der Waals surface area contributed by atoms with Crippen molar-refractivity contribution in [1.29, 1.82) is 5.26 Å². The number of benzene rings is 2. The predicted octanol–water partition coefficient (Wildman–Crippen LogP) is 8.04. The molecule has 0 radical (unpaired) electrons. The molecule has 322 valence electrons. The van der Waals surface area contributed by atoms with E-state index in [1.165, 1.54) is 16.0 Å². The summed E-state index contributed by atoms with van der Waals surface area (Å²) in [5.41, 5.74) is 6.16. The number of nitriles is 1. The second-order valence-corrected chi connectivity index (χ2v) is 18.9. The Morgan fingerprint density at radius 3 is 2.57 bits per heavy atom. The second kappa shape index (κ2) is 17.0. The topological polar surface area (TPSA) is 169 Å². The van der Waals surface area contributed by atoms with E-state index in [0.29, 0.717) is 46.9 Å². The normalized spacial score (nSPS) is 22.9. The Bertz CT molecular complexity index is 2710. The lowest BCUT2D eigenvalue weighted by atomic mass is 9.67. The Hall–Kier alpha value is -5.95. The fourth-order valence-electron chi connectivity index (χ4n) is 9.65. The van der Waals surface area contributed by atoms with Crippen LogP contribution < -0.4 is 15.0 Å². The first-order valence-electron chi connectivity index (χ1n) is 21.6. The number of halogens is 1. The molecule has 2 aliphatic heterocycles. The largest absolute Gasteiger partial charge is 0.490 e. The van der Waals surface area contributed by atoms with Gasteiger partial charge in [0, 0.05) is 41.2 Å². The van der Waals surface area contributed by atoms with Crippen LogP contribution in [-0.4, -0.2) is 79.0 Å². The van der Waals surface area contributed by atoms with Gasteiger partial charge in [0.25, 0.3) is 5.91 Å². The fourth-order valence-corrected chi connectivity index (χ4v) is 11.1. The van der Waals surface area contributed by atoms with E-state index in [4.69, 9.17) is 35.7 Å². The van der Waals surface area contributed by atoms with E-state index in [9.17, 15) is 4.79 Å². The molecule has 1 N–H and O–H groups in total.